The van der Waals surface area contributed by atoms with E-state index in [1.54, 1.807) is 4.90 Å². The highest BCUT2D eigenvalue weighted by molar-refractivity contribution is 6.20. The molecule has 24 heavy (non-hydrogen) atoms. The SMILES string of the molecule is CC(=O)C1=C(O)[C@H](Cc2ccccc2)N(Cc2ccccc2)C1=O. The van der Waals surface area contributed by atoms with Gasteiger partial charge in [0.2, 0.25) is 0 Å². The molecule has 1 amide bonds. The van der Waals surface area contributed by atoms with Crippen LogP contribution in [-0.4, -0.2) is 27.7 Å². The van der Waals surface area contributed by atoms with Crippen molar-refractivity contribution in [2.75, 3.05) is 0 Å². The van der Waals surface area contributed by atoms with E-state index < -0.39 is 17.7 Å². The summed E-state index contributed by atoms with van der Waals surface area (Å²) in [5.41, 5.74) is 1.87. The molecule has 3 rings (SSSR count). The van der Waals surface area contributed by atoms with Crippen molar-refractivity contribution in [1.82, 2.24) is 4.90 Å². The van der Waals surface area contributed by atoms with Crippen LogP contribution in [0.1, 0.15) is 18.1 Å². The van der Waals surface area contributed by atoms with E-state index in [9.17, 15) is 14.7 Å². The van der Waals surface area contributed by atoms with Crippen molar-refractivity contribution in [2.24, 2.45) is 0 Å². The molecule has 0 aromatic heterocycles. The Bertz CT molecular complexity index is 781. The van der Waals surface area contributed by atoms with Gasteiger partial charge in [-0.25, -0.2) is 0 Å². The van der Waals surface area contributed by atoms with Gasteiger partial charge in [-0.3, -0.25) is 9.59 Å². The van der Waals surface area contributed by atoms with Crippen LogP contribution in [0.4, 0.5) is 0 Å². The van der Waals surface area contributed by atoms with Crippen LogP contribution in [0.3, 0.4) is 0 Å². The standard InChI is InChI=1S/C20H19NO3/c1-14(22)18-19(23)17(12-15-8-4-2-5-9-15)21(20(18)24)13-16-10-6-3-7-11-16/h2-11,17,23H,12-13H2,1H3/t17-/m0/s1. The maximum Gasteiger partial charge on any atom is 0.261 e. The molecule has 1 aliphatic heterocycles. The molecule has 0 saturated carbocycles. The number of Topliss-reactive ketones (excluding diaryl/α,β-unsaturated/α-hetero) is 1. The molecule has 2 aromatic carbocycles. The van der Waals surface area contributed by atoms with Gasteiger partial charge in [0.1, 0.15) is 11.3 Å². The predicted molar refractivity (Wildman–Crippen MR) is 91.3 cm³/mol. The molecule has 1 atom stereocenters. The second-order valence-electron chi connectivity index (χ2n) is 5.94. The first kappa shape index (κ1) is 16.0. The molecule has 0 radical (unpaired) electrons. The zero-order chi connectivity index (χ0) is 17.1. The summed E-state index contributed by atoms with van der Waals surface area (Å²) in [6, 6.07) is 18.7. The van der Waals surface area contributed by atoms with Crippen molar-refractivity contribution >= 4 is 11.7 Å². The first-order valence-corrected chi connectivity index (χ1v) is 7.91. The molecule has 4 heteroatoms. The van der Waals surface area contributed by atoms with Gasteiger partial charge in [0.15, 0.2) is 5.78 Å². The highest BCUT2D eigenvalue weighted by Crippen LogP contribution is 2.29. The van der Waals surface area contributed by atoms with E-state index in [1.165, 1.54) is 6.92 Å². The Hall–Kier alpha value is -2.88. The van der Waals surface area contributed by atoms with Gasteiger partial charge in [0, 0.05) is 13.0 Å². The van der Waals surface area contributed by atoms with Crippen LogP contribution >= 0.6 is 0 Å². The number of hydrogen-bond acceptors (Lipinski definition) is 3. The first-order valence-electron chi connectivity index (χ1n) is 7.91. The van der Waals surface area contributed by atoms with Crippen LogP contribution in [0.25, 0.3) is 0 Å². The minimum absolute atomic E-state index is 0.0909. The summed E-state index contributed by atoms with van der Waals surface area (Å²) in [4.78, 5) is 26.0. The second-order valence-corrected chi connectivity index (χ2v) is 5.94. The summed E-state index contributed by atoms with van der Waals surface area (Å²) < 4.78 is 0. The second kappa shape index (κ2) is 6.71. The number of aliphatic hydroxyl groups excluding tert-OH is 1. The Morgan fingerprint density at radius 1 is 1.00 bits per heavy atom. The molecular formula is C20H19NO3. The lowest BCUT2D eigenvalue weighted by molar-refractivity contribution is -0.129. The number of aliphatic hydroxyl groups is 1. The van der Waals surface area contributed by atoms with Gasteiger partial charge < -0.3 is 10.0 Å². The molecular weight excluding hydrogens is 302 g/mol. The number of hydrogen-bond donors (Lipinski definition) is 1. The van der Waals surface area contributed by atoms with E-state index >= 15 is 0 Å². The zero-order valence-corrected chi connectivity index (χ0v) is 13.5. The molecule has 1 aliphatic rings. The Labute approximate surface area is 141 Å². The molecule has 4 nitrogen and oxygen atoms in total. The molecule has 1 N–H and O–H groups in total. The smallest absolute Gasteiger partial charge is 0.261 e. The summed E-state index contributed by atoms with van der Waals surface area (Å²) in [6.45, 7) is 1.67. The van der Waals surface area contributed by atoms with E-state index in [4.69, 9.17) is 0 Å². The summed E-state index contributed by atoms with van der Waals surface area (Å²) in [5.74, 6) is -0.914. The van der Waals surface area contributed by atoms with Gasteiger partial charge in [-0.15, -0.1) is 0 Å². The predicted octanol–water partition coefficient (Wildman–Crippen LogP) is 3.04. The molecule has 0 fully saturated rings. The maximum absolute atomic E-state index is 12.6. The molecule has 1 heterocycles. The lowest BCUT2D eigenvalue weighted by atomic mass is 10.0. The van der Waals surface area contributed by atoms with Crippen molar-refractivity contribution < 1.29 is 14.7 Å². The third kappa shape index (κ3) is 3.08. The lowest BCUT2D eigenvalue weighted by Crippen LogP contribution is -2.37. The van der Waals surface area contributed by atoms with Crippen molar-refractivity contribution in [3.63, 3.8) is 0 Å². The number of nitrogens with zero attached hydrogens (tertiary/aromatic N) is 1. The molecule has 0 unspecified atom stereocenters. The highest BCUT2D eigenvalue weighted by atomic mass is 16.3. The zero-order valence-electron chi connectivity index (χ0n) is 13.5. The number of benzene rings is 2. The fourth-order valence-electron chi connectivity index (χ4n) is 3.05. The van der Waals surface area contributed by atoms with Crippen molar-refractivity contribution in [3.05, 3.63) is 83.1 Å². The monoisotopic (exact) mass is 321 g/mol. The van der Waals surface area contributed by atoms with Crippen LogP contribution < -0.4 is 0 Å². The molecule has 0 saturated heterocycles. The van der Waals surface area contributed by atoms with Crippen LogP contribution in [-0.2, 0) is 22.6 Å². The van der Waals surface area contributed by atoms with Gasteiger partial charge >= 0.3 is 0 Å². The van der Waals surface area contributed by atoms with Crippen LogP contribution in [0, 0.1) is 0 Å². The Morgan fingerprint density at radius 2 is 1.54 bits per heavy atom. The third-order valence-corrected chi connectivity index (χ3v) is 4.24. The quantitative estimate of drug-likeness (QED) is 0.861. The minimum atomic E-state index is -0.515. The van der Waals surface area contributed by atoms with Crippen LogP contribution in [0.2, 0.25) is 0 Å². The Balaban J connectivity index is 1.93. The molecule has 122 valence electrons. The normalized spacial score (nSPS) is 17.5. The largest absolute Gasteiger partial charge is 0.509 e. The minimum Gasteiger partial charge on any atom is -0.509 e. The number of carbonyl (C=O) groups is 2. The van der Waals surface area contributed by atoms with Crippen molar-refractivity contribution in [3.8, 4) is 0 Å². The van der Waals surface area contributed by atoms with Crippen LogP contribution in [0.5, 0.6) is 0 Å². The number of rotatable bonds is 5. The van der Waals surface area contributed by atoms with Gasteiger partial charge in [-0.1, -0.05) is 60.7 Å². The van der Waals surface area contributed by atoms with E-state index in [0.29, 0.717) is 13.0 Å². The average Bonchev–Trinajstić information content (AvgIpc) is 2.81. The van der Waals surface area contributed by atoms with Crippen molar-refractivity contribution in [1.29, 1.82) is 0 Å². The average molecular weight is 321 g/mol. The first-order chi connectivity index (χ1) is 11.6. The summed E-state index contributed by atoms with van der Waals surface area (Å²) >= 11 is 0. The van der Waals surface area contributed by atoms with Crippen LogP contribution in [0.15, 0.2) is 72.0 Å². The van der Waals surface area contributed by atoms with E-state index in [0.717, 1.165) is 11.1 Å². The number of carbonyl (C=O) groups excluding carboxylic acids is 2. The number of ketones is 1. The summed E-state index contributed by atoms with van der Waals surface area (Å²) in [7, 11) is 0. The van der Waals surface area contributed by atoms with Gasteiger partial charge in [-0.05, 0) is 18.1 Å². The summed E-state index contributed by atoms with van der Waals surface area (Å²) in [6.07, 6.45) is 0.474. The maximum atomic E-state index is 12.6. The van der Waals surface area contributed by atoms with Crippen molar-refractivity contribution in [2.45, 2.75) is 25.9 Å². The van der Waals surface area contributed by atoms with E-state index in [-0.39, 0.29) is 11.3 Å². The lowest BCUT2D eigenvalue weighted by Gasteiger charge is -2.25. The van der Waals surface area contributed by atoms with E-state index in [1.807, 2.05) is 60.7 Å². The topological polar surface area (TPSA) is 57.6 Å². The van der Waals surface area contributed by atoms with E-state index in [2.05, 4.69) is 0 Å². The molecule has 2 aromatic rings. The Kier molecular flexibility index (Phi) is 4.47. The molecule has 0 aliphatic carbocycles. The molecule has 0 bridgehead atoms. The fraction of sp³-hybridized carbons (Fsp3) is 0.200. The fourth-order valence-corrected chi connectivity index (χ4v) is 3.05. The van der Waals surface area contributed by atoms with Gasteiger partial charge in [0.25, 0.3) is 5.91 Å². The molecule has 0 spiro atoms. The highest BCUT2D eigenvalue weighted by Gasteiger charge is 2.41. The number of amides is 1. The Morgan fingerprint density at radius 3 is 2.08 bits per heavy atom. The van der Waals surface area contributed by atoms with Gasteiger partial charge in [0.05, 0.1) is 6.04 Å². The third-order valence-electron chi connectivity index (χ3n) is 4.24. The summed E-state index contributed by atoms with van der Waals surface area (Å²) in [5, 5.41) is 10.5. The van der Waals surface area contributed by atoms with Gasteiger partial charge in [-0.2, -0.15) is 0 Å².